The van der Waals surface area contributed by atoms with Gasteiger partial charge in [-0.15, -0.1) is 6.58 Å². The number of amides is 1. The Morgan fingerprint density at radius 1 is 1.69 bits per heavy atom. The van der Waals surface area contributed by atoms with Gasteiger partial charge in [-0.2, -0.15) is 0 Å². The van der Waals surface area contributed by atoms with Gasteiger partial charge in [-0.25, -0.2) is 13.7 Å². The molecule has 1 heterocycles. The van der Waals surface area contributed by atoms with Crippen LogP contribution in [0.5, 0.6) is 0 Å². The van der Waals surface area contributed by atoms with Crippen LogP contribution in [-0.2, 0) is 14.6 Å². The third-order valence-electron chi connectivity index (χ3n) is 1.64. The van der Waals surface area contributed by atoms with E-state index in [4.69, 9.17) is 0 Å². The number of carbonyl (C=O) groups excluding carboxylic acids is 1. The molecule has 1 aliphatic rings. The molecule has 1 atom stereocenters. The molecule has 1 unspecified atom stereocenters. The quantitative estimate of drug-likeness (QED) is 0.575. The van der Waals surface area contributed by atoms with E-state index < -0.39 is 21.1 Å². The molecule has 1 radical (unpaired) electrons. The number of piperazine rings is 1. The summed E-state index contributed by atoms with van der Waals surface area (Å²) < 4.78 is 22.8. The van der Waals surface area contributed by atoms with E-state index in [0.29, 0.717) is 13.1 Å². The van der Waals surface area contributed by atoms with E-state index in [2.05, 4.69) is 17.2 Å². The van der Waals surface area contributed by atoms with E-state index in [1.54, 1.807) is 0 Å². The molecule has 1 amide bonds. The third-order valence-corrected chi connectivity index (χ3v) is 3.43. The van der Waals surface area contributed by atoms with Gasteiger partial charge >= 0.3 is 0 Å². The summed E-state index contributed by atoms with van der Waals surface area (Å²) in [5.41, 5.74) is 0. The summed E-state index contributed by atoms with van der Waals surface area (Å²) in [7, 11) is -3.46. The van der Waals surface area contributed by atoms with Crippen molar-refractivity contribution in [3.63, 3.8) is 0 Å². The summed E-state index contributed by atoms with van der Waals surface area (Å²) >= 11 is 0. The van der Waals surface area contributed by atoms with E-state index in [9.17, 15) is 13.2 Å². The molecule has 73 valence electrons. The average molecular weight is 203 g/mol. The largest absolute Gasteiger partial charge is 0.291 e. The maximum absolute atomic E-state index is 11.4. The van der Waals surface area contributed by atoms with Crippen LogP contribution in [0.1, 0.15) is 0 Å². The van der Waals surface area contributed by atoms with Gasteiger partial charge in [-0.1, -0.05) is 6.08 Å². The smallest absolute Gasteiger partial charge is 0.274 e. The summed E-state index contributed by atoms with van der Waals surface area (Å²) in [5.74, 6) is -0.806. The first kappa shape index (κ1) is 10.2. The highest BCUT2D eigenvalue weighted by Gasteiger charge is 2.33. The van der Waals surface area contributed by atoms with E-state index in [0.717, 1.165) is 0 Å². The van der Waals surface area contributed by atoms with Crippen molar-refractivity contribution >= 4 is 15.7 Å². The first-order valence-electron chi connectivity index (χ1n) is 3.85. The molecular formula is C7H11N2O3S. The molecule has 0 aromatic carbocycles. The molecule has 0 aromatic rings. The van der Waals surface area contributed by atoms with Crippen LogP contribution in [0.4, 0.5) is 0 Å². The van der Waals surface area contributed by atoms with Crippen LogP contribution >= 0.6 is 0 Å². The maximum atomic E-state index is 11.4. The molecule has 0 aromatic heterocycles. The molecule has 0 spiro atoms. The summed E-state index contributed by atoms with van der Waals surface area (Å²) in [5, 5.41) is 4.99. The van der Waals surface area contributed by atoms with Crippen molar-refractivity contribution in [1.29, 1.82) is 0 Å². The normalized spacial score (nSPS) is 23.7. The number of nitrogens with zero attached hydrogens (tertiary/aromatic N) is 1. The molecule has 1 fully saturated rings. The van der Waals surface area contributed by atoms with E-state index >= 15 is 0 Å². The van der Waals surface area contributed by atoms with Gasteiger partial charge in [0.15, 0.2) is 15.2 Å². The standard InChI is InChI=1S/C7H11N2O3S/c1-2-5-13(11,12)7-6(10)8-3-4-9-7/h2,7,9H,1,3-5H2. The van der Waals surface area contributed by atoms with Gasteiger partial charge in [-0.3, -0.25) is 10.1 Å². The zero-order valence-corrected chi connectivity index (χ0v) is 7.88. The van der Waals surface area contributed by atoms with Gasteiger partial charge < -0.3 is 0 Å². The lowest BCUT2D eigenvalue weighted by Crippen LogP contribution is -2.54. The molecule has 5 nitrogen and oxygen atoms in total. The van der Waals surface area contributed by atoms with Crippen molar-refractivity contribution in [1.82, 2.24) is 10.6 Å². The fraction of sp³-hybridized carbons (Fsp3) is 0.571. The molecule has 1 saturated heterocycles. The van der Waals surface area contributed by atoms with Gasteiger partial charge in [0.25, 0.3) is 5.91 Å². The van der Waals surface area contributed by atoms with E-state index in [1.165, 1.54) is 6.08 Å². The van der Waals surface area contributed by atoms with Crippen molar-refractivity contribution in [2.24, 2.45) is 0 Å². The zero-order valence-electron chi connectivity index (χ0n) is 7.06. The van der Waals surface area contributed by atoms with Crippen LogP contribution in [0.15, 0.2) is 12.7 Å². The van der Waals surface area contributed by atoms with Crippen LogP contribution < -0.4 is 10.6 Å². The molecule has 0 saturated carbocycles. The molecule has 13 heavy (non-hydrogen) atoms. The predicted octanol–water partition coefficient (Wildman–Crippen LogP) is -1.35. The van der Waals surface area contributed by atoms with Gasteiger partial charge in [0.05, 0.1) is 12.3 Å². The summed E-state index contributed by atoms with van der Waals surface area (Å²) in [6.07, 6.45) is 1.26. The minimum atomic E-state index is -3.46. The fourth-order valence-electron chi connectivity index (χ4n) is 1.07. The second-order valence-corrected chi connectivity index (χ2v) is 4.80. The number of nitrogens with one attached hydrogen (secondary N) is 1. The van der Waals surface area contributed by atoms with Crippen LogP contribution in [0.25, 0.3) is 0 Å². The Morgan fingerprint density at radius 3 is 2.92 bits per heavy atom. The second kappa shape index (κ2) is 3.89. The fourth-order valence-corrected chi connectivity index (χ4v) is 2.35. The summed E-state index contributed by atoms with van der Waals surface area (Å²) in [4.78, 5) is 11.1. The lowest BCUT2D eigenvalue weighted by atomic mass is 10.4. The minimum Gasteiger partial charge on any atom is -0.291 e. The Labute approximate surface area is 77.1 Å². The molecule has 6 heteroatoms. The third kappa shape index (κ3) is 2.28. The number of hydrogen-bond acceptors (Lipinski definition) is 4. The second-order valence-electron chi connectivity index (χ2n) is 2.67. The number of sulfone groups is 1. The van der Waals surface area contributed by atoms with Crippen molar-refractivity contribution in [2.45, 2.75) is 5.37 Å². The van der Waals surface area contributed by atoms with Crippen molar-refractivity contribution < 1.29 is 13.2 Å². The lowest BCUT2D eigenvalue weighted by Gasteiger charge is -2.20. The van der Waals surface area contributed by atoms with Crippen LogP contribution in [0.2, 0.25) is 0 Å². The number of carbonyl (C=O) groups is 1. The number of rotatable bonds is 3. The van der Waals surface area contributed by atoms with Crippen molar-refractivity contribution in [3.8, 4) is 0 Å². The number of hydrogen-bond donors (Lipinski definition) is 1. The van der Waals surface area contributed by atoms with Crippen LogP contribution in [-0.4, -0.2) is 38.5 Å². The molecule has 1 N–H and O–H groups in total. The lowest BCUT2D eigenvalue weighted by molar-refractivity contribution is -0.122. The van der Waals surface area contributed by atoms with Crippen molar-refractivity contribution in [3.05, 3.63) is 12.7 Å². The zero-order chi connectivity index (χ0) is 9.90. The average Bonchev–Trinajstić information content (AvgIpc) is 2.04. The molecule has 0 aliphatic carbocycles. The van der Waals surface area contributed by atoms with Gasteiger partial charge in [0, 0.05) is 6.54 Å². The Kier molecular flexibility index (Phi) is 3.05. The van der Waals surface area contributed by atoms with Gasteiger partial charge in [-0.05, 0) is 0 Å². The molecule has 0 bridgehead atoms. The highest BCUT2D eigenvalue weighted by molar-refractivity contribution is 7.92. The summed E-state index contributed by atoms with van der Waals surface area (Å²) in [6, 6.07) is 0. The first-order chi connectivity index (χ1) is 6.08. The Bertz CT molecular complexity index is 310. The first-order valence-corrected chi connectivity index (χ1v) is 5.56. The van der Waals surface area contributed by atoms with Crippen LogP contribution in [0, 0.1) is 0 Å². The Hall–Kier alpha value is -0.880. The maximum Gasteiger partial charge on any atom is 0.274 e. The molecular weight excluding hydrogens is 192 g/mol. The molecule has 1 aliphatic heterocycles. The Balaban J connectivity index is 2.79. The topological polar surface area (TPSA) is 77.3 Å². The van der Waals surface area contributed by atoms with Gasteiger partial charge in [0.2, 0.25) is 0 Å². The SMILES string of the molecule is C=CCS(=O)(=O)C1NCC[N]C1=O. The van der Waals surface area contributed by atoms with E-state index in [-0.39, 0.29) is 5.75 Å². The monoisotopic (exact) mass is 203 g/mol. The predicted molar refractivity (Wildman–Crippen MR) is 47.8 cm³/mol. The van der Waals surface area contributed by atoms with E-state index in [1.807, 2.05) is 0 Å². The minimum absolute atomic E-state index is 0.202. The van der Waals surface area contributed by atoms with Crippen LogP contribution in [0.3, 0.4) is 0 Å². The summed E-state index contributed by atoms with van der Waals surface area (Å²) in [6.45, 7) is 4.09. The van der Waals surface area contributed by atoms with Gasteiger partial charge in [0.1, 0.15) is 0 Å². The highest BCUT2D eigenvalue weighted by atomic mass is 32.2. The molecule has 1 rings (SSSR count). The van der Waals surface area contributed by atoms with Crippen molar-refractivity contribution in [2.75, 3.05) is 18.8 Å². The highest BCUT2D eigenvalue weighted by Crippen LogP contribution is 2.03. The Morgan fingerprint density at radius 2 is 2.38 bits per heavy atom.